The molecule has 1 fully saturated rings. The van der Waals surface area contributed by atoms with Crippen molar-refractivity contribution in [1.82, 2.24) is 15.2 Å². The number of anilines is 2. The van der Waals surface area contributed by atoms with E-state index in [1.807, 2.05) is 6.92 Å². The molecular weight excluding hydrogens is 318 g/mol. The number of rotatable bonds is 3. The van der Waals surface area contributed by atoms with Gasteiger partial charge in [-0.1, -0.05) is 18.8 Å². The molecule has 130 valence electrons. The fraction of sp³-hybridized carbons (Fsp3) is 0.444. The van der Waals surface area contributed by atoms with Crippen LogP contribution in [0.15, 0.2) is 12.3 Å². The lowest BCUT2D eigenvalue weighted by Crippen LogP contribution is -2.16. The van der Waals surface area contributed by atoms with E-state index in [1.165, 1.54) is 6.20 Å². The summed E-state index contributed by atoms with van der Waals surface area (Å²) in [7, 11) is 0. The number of carbonyl (C=O) groups excluding carboxylic acids is 1. The Morgan fingerprint density at radius 1 is 1.48 bits per heavy atom. The van der Waals surface area contributed by atoms with Gasteiger partial charge in [-0.15, -0.1) is 10.2 Å². The molecule has 1 saturated carbocycles. The van der Waals surface area contributed by atoms with Gasteiger partial charge in [0, 0.05) is 28.6 Å². The van der Waals surface area contributed by atoms with Crippen LogP contribution < -0.4 is 10.6 Å². The minimum atomic E-state index is -2.46. The number of hydrogen-bond donors (Lipinski definition) is 3. The molecule has 1 amide bonds. The van der Waals surface area contributed by atoms with Gasteiger partial charge in [0.1, 0.15) is 11.1 Å². The highest BCUT2D eigenvalue weighted by atomic mass is 16.3. The molecule has 3 N–H and O–H groups in total. The summed E-state index contributed by atoms with van der Waals surface area (Å²) in [6.45, 7) is 2.63. The van der Waals surface area contributed by atoms with Crippen molar-refractivity contribution in [2.75, 3.05) is 17.6 Å². The van der Waals surface area contributed by atoms with E-state index in [2.05, 4.69) is 37.7 Å². The van der Waals surface area contributed by atoms with Gasteiger partial charge in [-0.3, -0.25) is 4.79 Å². The van der Waals surface area contributed by atoms with Crippen molar-refractivity contribution in [3.63, 3.8) is 0 Å². The van der Waals surface area contributed by atoms with E-state index in [1.54, 1.807) is 19.9 Å². The van der Waals surface area contributed by atoms with E-state index in [-0.39, 0.29) is 29.0 Å². The van der Waals surface area contributed by atoms with Crippen molar-refractivity contribution < 1.29 is 14.0 Å². The first-order valence-electron chi connectivity index (χ1n) is 9.44. The predicted molar refractivity (Wildman–Crippen MR) is 96.0 cm³/mol. The Bertz CT molecular complexity index is 989. The van der Waals surface area contributed by atoms with Crippen LogP contribution in [0, 0.1) is 23.7 Å². The van der Waals surface area contributed by atoms with E-state index in [9.17, 15) is 9.90 Å². The molecule has 2 aromatic heterocycles. The summed E-state index contributed by atoms with van der Waals surface area (Å²) in [6, 6.07) is 1.58. The highest BCUT2D eigenvalue weighted by Crippen LogP contribution is 2.38. The molecule has 0 bridgehead atoms. The number of fused-ring (bicyclic) bond motifs is 1. The quantitative estimate of drug-likeness (QED) is 0.735. The van der Waals surface area contributed by atoms with Crippen LogP contribution in [0.1, 0.15) is 36.9 Å². The Morgan fingerprint density at radius 3 is 2.88 bits per heavy atom. The lowest BCUT2D eigenvalue weighted by Gasteiger charge is -2.09. The van der Waals surface area contributed by atoms with E-state index in [0.717, 1.165) is 6.42 Å². The van der Waals surface area contributed by atoms with Gasteiger partial charge < -0.3 is 15.7 Å². The molecule has 0 saturated heterocycles. The summed E-state index contributed by atoms with van der Waals surface area (Å²) in [4.78, 5) is 16.3. The number of pyridine rings is 1. The predicted octanol–water partition coefficient (Wildman–Crippen LogP) is 1.78. The molecule has 1 aliphatic rings. The summed E-state index contributed by atoms with van der Waals surface area (Å²) in [5.41, 5.74) is -0.587. The zero-order valence-corrected chi connectivity index (χ0v) is 14.2. The number of aliphatic hydroxyl groups is 1. The van der Waals surface area contributed by atoms with Crippen molar-refractivity contribution in [2.24, 2.45) is 11.8 Å². The molecule has 0 aliphatic heterocycles. The molecule has 2 atom stereocenters. The van der Waals surface area contributed by atoms with Gasteiger partial charge in [0.05, 0.1) is 5.56 Å². The molecule has 2 aromatic rings. The van der Waals surface area contributed by atoms with Gasteiger partial charge in [0.2, 0.25) is 5.91 Å². The summed E-state index contributed by atoms with van der Waals surface area (Å²) in [5.74, 6) is 5.99. The molecular formula is C18H21N5O2. The maximum absolute atomic E-state index is 12.2. The van der Waals surface area contributed by atoms with Crippen LogP contribution >= 0.6 is 0 Å². The number of nitrogens with zero attached hydrogens (tertiary/aromatic N) is 3. The second-order valence-corrected chi connectivity index (χ2v) is 6.76. The van der Waals surface area contributed by atoms with Crippen LogP contribution in [0.4, 0.5) is 11.6 Å². The Hall–Kier alpha value is -2.72. The first-order chi connectivity index (χ1) is 12.9. The van der Waals surface area contributed by atoms with Crippen molar-refractivity contribution in [2.45, 2.75) is 32.8 Å². The highest BCUT2D eigenvalue weighted by molar-refractivity contribution is 5.97. The van der Waals surface area contributed by atoms with Gasteiger partial charge in [-0.25, -0.2) is 4.98 Å². The zero-order valence-electron chi connectivity index (χ0n) is 17.2. The molecule has 0 aromatic carbocycles. The molecule has 7 heteroatoms. The molecule has 0 radical (unpaired) electrons. The summed E-state index contributed by atoms with van der Waals surface area (Å²) < 4.78 is 22.2. The maximum atomic E-state index is 12.2. The molecule has 1 aliphatic carbocycles. The third-order valence-electron chi connectivity index (χ3n) is 3.95. The smallest absolute Gasteiger partial charge is 0.228 e. The maximum Gasteiger partial charge on any atom is 0.228 e. The molecule has 0 spiro atoms. The average Bonchev–Trinajstić information content (AvgIpc) is 3.29. The first kappa shape index (κ1) is 13.6. The SMILES string of the molecule is [2H]C([2H])([2H])Nc1ncc(C#CC(C)(C)O)c2cc(NC(=O)[C@H]3C[C@H]3C)nnc12. The Balaban J connectivity index is 2.05. The number of aromatic nitrogens is 3. The van der Waals surface area contributed by atoms with Crippen LogP contribution in [0.5, 0.6) is 0 Å². The van der Waals surface area contributed by atoms with Crippen LogP contribution in [-0.4, -0.2) is 38.8 Å². The first-order valence-corrected chi connectivity index (χ1v) is 7.94. The minimum absolute atomic E-state index is 0.0304. The molecule has 7 nitrogen and oxygen atoms in total. The second kappa shape index (κ2) is 6.30. The van der Waals surface area contributed by atoms with E-state index in [4.69, 9.17) is 4.11 Å². The minimum Gasteiger partial charge on any atom is -0.378 e. The number of amides is 1. The normalized spacial score (nSPS) is 21.4. The van der Waals surface area contributed by atoms with Crippen molar-refractivity contribution in [3.8, 4) is 11.8 Å². The van der Waals surface area contributed by atoms with Crippen LogP contribution in [0.25, 0.3) is 10.9 Å². The summed E-state index contributed by atoms with van der Waals surface area (Å²) in [5, 5.41) is 23.4. The van der Waals surface area contributed by atoms with Gasteiger partial charge in [0.15, 0.2) is 11.6 Å². The van der Waals surface area contributed by atoms with Crippen LogP contribution in [0.2, 0.25) is 0 Å². The van der Waals surface area contributed by atoms with Gasteiger partial charge in [-0.05, 0) is 32.3 Å². The highest BCUT2D eigenvalue weighted by Gasteiger charge is 2.39. The fourth-order valence-corrected chi connectivity index (χ4v) is 2.41. The van der Waals surface area contributed by atoms with Crippen molar-refractivity contribution in [3.05, 3.63) is 17.8 Å². The van der Waals surface area contributed by atoms with E-state index in [0.29, 0.717) is 16.9 Å². The van der Waals surface area contributed by atoms with E-state index < -0.39 is 12.6 Å². The zero-order chi connectivity index (χ0) is 20.7. The Morgan fingerprint density at radius 2 is 2.24 bits per heavy atom. The standard InChI is InChI=1S/C18H21N5O2/c1-10-7-12(10)17(24)21-14-8-13-11(5-6-18(2,3)25)9-20-16(19-4)15(13)23-22-14/h8-10,12,25H,7H2,1-4H3,(H,19,20)(H,21,22,24)/t10-,12+/m1/s1/i4D3. The summed E-state index contributed by atoms with van der Waals surface area (Å²) in [6.07, 6.45) is 2.23. The monoisotopic (exact) mass is 342 g/mol. The van der Waals surface area contributed by atoms with Crippen LogP contribution in [-0.2, 0) is 4.79 Å². The third-order valence-corrected chi connectivity index (χ3v) is 3.95. The van der Waals surface area contributed by atoms with Crippen molar-refractivity contribution in [1.29, 1.82) is 0 Å². The van der Waals surface area contributed by atoms with Crippen molar-refractivity contribution >= 4 is 28.4 Å². The van der Waals surface area contributed by atoms with Gasteiger partial charge in [-0.2, -0.15) is 0 Å². The largest absolute Gasteiger partial charge is 0.378 e. The number of hydrogen-bond acceptors (Lipinski definition) is 6. The third kappa shape index (κ3) is 3.86. The Labute approximate surface area is 150 Å². The molecule has 0 unspecified atom stereocenters. The fourth-order valence-electron chi connectivity index (χ4n) is 2.41. The van der Waals surface area contributed by atoms with Gasteiger partial charge >= 0.3 is 0 Å². The summed E-state index contributed by atoms with van der Waals surface area (Å²) >= 11 is 0. The number of carbonyl (C=O) groups is 1. The van der Waals surface area contributed by atoms with E-state index >= 15 is 0 Å². The molecule has 3 rings (SSSR count). The molecule has 2 heterocycles. The average molecular weight is 342 g/mol. The number of nitrogens with one attached hydrogen (secondary N) is 2. The second-order valence-electron chi connectivity index (χ2n) is 6.76. The lowest BCUT2D eigenvalue weighted by molar-refractivity contribution is -0.117. The molecule has 25 heavy (non-hydrogen) atoms. The van der Waals surface area contributed by atoms with Crippen LogP contribution in [0.3, 0.4) is 0 Å². The van der Waals surface area contributed by atoms with Gasteiger partial charge in [0.25, 0.3) is 0 Å². The Kier molecular flexibility index (Phi) is 3.41. The topological polar surface area (TPSA) is 100 Å². The lowest BCUT2D eigenvalue weighted by atomic mass is 10.1.